The molecule has 82 valence electrons. The van der Waals surface area contributed by atoms with E-state index in [9.17, 15) is 0 Å². The predicted octanol–water partition coefficient (Wildman–Crippen LogP) is 1.13. The fraction of sp³-hybridized carbons (Fsp3) is 0.333. The van der Waals surface area contributed by atoms with Gasteiger partial charge in [0.1, 0.15) is 6.33 Å². The Labute approximate surface area is 94.3 Å². The second-order valence-corrected chi connectivity index (χ2v) is 4.14. The lowest BCUT2D eigenvalue weighted by atomic mass is 9.95. The lowest BCUT2D eigenvalue weighted by Crippen LogP contribution is -2.24. The molecule has 2 aromatic rings. The van der Waals surface area contributed by atoms with Crippen molar-refractivity contribution in [2.24, 2.45) is 7.05 Å². The fourth-order valence-electron chi connectivity index (χ4n) is 2.27. The Morgan fingerprint density at radius 2 is 2.31 bits per heavy atom. The summed E-state index contributed by atoms with van der Waals surface area (Å²) in [5.41, 5.74) is 4.02. The molecule has 2 heterocycles. The number of fused-ring (bicyclic) bond motifs is 1. The first kappa shape index (κ1) is 9.54. The minimum atomic E-state index is 0.957. The quantitative estimate of drug-likeness (QED) is 0.773. The normalized spacial score (nSPS) is 14.8. The third kappa shape index (κ3) is 1.42. The van der Waals surface area contributed by atoms with Gasteiger partial charge in [-0.25, -0.2) is 0 Å². The number of hydrogen-bond donors (Lipinski definition) is 1. The molecule has 4 nitrogen and oxygen atoms in total. The van der Waals surface area contributed by atoms with Gasteiger partial charge in [0.2, 0.25) is 0 Å². The molecule has 0 fully saturated rings. The summed E-state index contributed by atoms with van der Waals surface area (Å²) in [7, 11) is 1.98. The Hall–Kier alpha value is -1.68. The van der Waals surface area contributed by atoms with Gasteiger partial charge in [-0.15, -0.1) is 10.2 Å². The number of aryl methyl sites for hydroxylation is 1. The van der Waals surface area contributed by atoms with Crippen LogP contribution in [0.3, 0.4) is 0 Å². The van der Waals surface area contributed by atoms with Gasteiger partial charge in [-0.2, -0.15) is 0 Å². The van der Waals surface area contributed by atoms with Crippen LogP contribution in [0.25, 0.3) is 11.4 Å². The zero-order valence-electron chi connectivity index (χ0n) is 9.27. The summed E-state index contributed by atoms with van der Waals surface area (Å²) in [5.74, 6) is 0.957. The molecule has 0 spiro atoms. The molecule has 1 aromatic heterocycles. The molecule has 1 aromatic carbocycles. The van der Waals surface area contributed by atoms with Gasteiger partial charge < -0.3 is 9.88 Å². The van der Waals surface area contributed by atoms with Crippen molar-refractivity contribution in [3.05, 3.63) is 35.7 Å². The summed E-state index contributed by atoms with van der Waals surface area (Å²) in [5, 5.41) is 11.5. The average molecular weight is 214 g/mol. The van der Waals surface area contributed by atoms with Crippen LogP contribution in [0.5, 0.6) is 0 Å². The average Bonchev–Trinajstić information content (AvgIpc) is 2.75. The van der Waals surface area contributed by atoms with Crippen LogP contribution in [0.2, 0.25) is 0 Å². The van der Waals surface area contributed by atoms with E-state index in [0.717, 1.165) is 25.3 Å². The number of rotatable bonds is 1. The highest BCUT2D eigenvalue weighted by molar-refractivity contribution is 5.63. The minimum absolute atomic E-state index is 0.957. The number of aromatic nitrogens is 3. The maximum absolute atomic E-state index is 4.19. The van der Waals surface area contributed by atoms with Crippen LogP contribution in [0.1, 0.15) is 11.1 Å². The van der Waals surface area contributed by atoms with Crippen molar-refractivity contribution >= 4 is 0 Å². The first-order chi connectivity index (χ1) is 7.86. The van der Waals surface area contributed by atoms with Crippen LogP contribution in [0.4, 0.5) is 0 Å². The van der Waals surface area contributed by atoms with E-state index in [1.165, 1.54) is 16.7 Å². The first-order valence-corrected chi connectivity index (χ1v) is 5.52. The van der Waals surface area contributed by atoms with Gasteiger partial charge in [0.05, 0.1) is 0 Å². The topological polar surface area (TPSA) is 42.7 Å². The zero-order chi connectivity index (χ0) is 11.0. The smallest absolute Gasteiger partial charge is 0.163 e. The molecule has 0 atom stereocenters. The van der Waals surface area contributed by atoms with Crippen molar-refractivity contribution < 1.29 is 0 Å². The molecule has 0 aliphatic carbocycles. The monoisotopic (exact) mass is 214 g/mol. The standard InChI is InChI=1S/C12H14N4/c1-16-8-14-15-12(16)11-4-2-3-9-7-13-6-5-10(9)11/h2-4,8,13H,5-7H2,1H3. The molecule has 1 N–H and O–H groups in total. The molecular weight excluding hydrogens is 200 g/mol. The Kier molecular flexibility index (Phi) is 2.22. The summed E-state index contributed by atoms with van der Waals surface area (Å²) < 4.78 is 1.97. The molecule has 0 bridgehead atoms. The van der Waals surface area contributed by atoms with Crippen LogP contribution in [0, 0.1) is 0 Å². The number of benzene rings is 1. The van der Waals surface area contributed by atoms with Gasteiger partial charge in [-0.1, -0.05) is 18.2 Å². The molecule has 0 saturated carbocycles. The molecule has 4 heteroatoms. The predicted molar refractivity (Wildman–Crippen MR) is 61.8 cm³/mol. The van der Waals surface area contributed by atoms with Crippen LogP contribution >= 0.6 is 0 Å². The summed E-state index contributed by atoms with van der Waals surface area (Å²) in [6.45, 7) is 2.00. The van der Waals surface area contributed by atoms with Gasteiger partial charge in [0, 0.05) is 19.2 Å². The second-order valence-electron chi connectivity index (χ2n) is 4.14. The third-order valence-electron chi connectivity index (χ3n) is 3.09. The Bertz CT molecular complexity index is 515. The highest BCUT2D eigenvalue weighted by Crippen LogP contribution is 2.26. The van der Waals surface area contributed by atoms with Crippen LogP contribution in [0.15, 0.2) is 24.5 Å². The molecule has 1 aliphatic rings. The molecule has 16 heavy (non-hydrogen) atoms. The summed E-state index contributed by atoms with van der Waals surface area (Å²) >= 11 is 0. The van der Waals surface area contributed by atoms with E-state index in [1.54, 1.807) is 6.33 Å². The highest BCUT2D eigenvalue weighted by atomic mass is 15.2. The van der Waals surface area contributed by atoms with Gasteiger partial charge in [-0.05, 0) is 24.1 Å². The van der Waals surface area contributed by atoms with Crippen molar-refractivity contribution in [3.8, 4) is 11.4 Å². The molecule has 3 rings (SSSR count). The summed E-state index contributed by atoms with van der Waals surface area (Å²) in [6.07, 6.45) is 2.81. The van der Waals surface area contributed by atoms with E-state index < -0.39 is 0 Å². The zero-order valence-corrected chi connectivity index (χ0v) is 9.27. The van der Waals surface area contributed by atoms with E-state index in [-0.39, 0.29) is 0 Å². The van der Waals surface area contributed by atoms with Gasteiger partial charge in [0.15, 0.2) is 5.82 Å². The Morgan fingerprint density at radius 1 is 1.38 bits per heavy atom. The first-order valence-electron chi connectivity index (χ1n) is 5.52. The summed E-state index contributed by atoms with van der Waals surface area (Å²) in [4.78, 5) is 0. The fourth-order valence-corrected chi connectivity index (χ4v) is 2.27. The number of hydrogen-bond acceptors (Lipinski definition) is 3. The Morgan fingerprint density at radius 3 is 3.12 bits per heavy atom. The summed E-state index contributed by atoms with van der Waals surface area (Å²) in [6, 6.07) is 6.41. The maximum Gasteiger partial charge on any atom is 0.163 e. The number of nitrogens with zero attached hydrogens (tertiary/aromatic N) is 3. The molecule has 0 unspecified atom stereocenters. The van der Waals surface area contributed by atoms with E-state index >= 15 is 0 Å². The van der Waals surface area contributed by atoms with Crippen molar-refractivity contribution in [1.82, 2.24) is 20.1 Å². The van der Waals surface area contributed by atoms with E-state index in [0.29, 0.717) is 0 Å². The molecule has 0 saturated heterocycles. The van der Waals surface area contributed by atoms with Crippen LogP contribution < -0.4 is 5.32 Å². The lowest BCUT2D eigenvalue weighted by Gasteiger charge is -2.19. The minimum Gasteiger partial charge on any atom is -0.317 e. The molecule has 0 amide bonds. The Balaban J connectivity index is 2.18. The van der Waals surface area contributed by atoms with E-state index in [2.05, 4.69) is 33.7 Å². The molecule has 0 radical (unpaired) electrons. The van der Waals surface area contributed by atoms with Crippen molar-refractivity contribution in [2.75, 3.05) is 6.54 Å². The second kappa shape index (κ2) is 3.72. The van der Waals surface area contributed by atoms with Gasteiger partial charge in [-0.3, -0.25) is 0 Å². The number of nitrogens with one attached hydrogen (secondary N) is 1. The van der Waals surface area contributed by atoms with Crippen LogP contribution in [-0.2, 0) is 20.0 Å². The van der Waals surface area contributed by atoms with E-state index in [1.807, 2.05) is 11.6 Å². The molecule has 1 aliphatic heterocycles. The maximum atomic E-state index is 4.19. The SMILES string of the molecule is Cn1cnnc1-c1cccc2c1CCNC2. The van der Waals surface area contributed by atoms with Crippen LogP contribution in [-0.4, -0.2) is 21.3 Å². The van der Waals surface area contributed by atoms with E-state index in [4.69, 9.17) is 0 Å². The molecular formula is C12H14N4. The van der Waals surface area contributed by atoms with Gasteiger partial charge >= 0.3 is 0 Å². The van der Waals surface area contributed by atoms with Crippen molar-refractivity contribution in [3.63, 3.8) is 0 Å². The highest BCUT2D eigenvalue weighted by Gasteiger charge is 2.15. The van der Waals surface area contributed by atoms with Crippen molar-refractivity contribution in [1.29, 1.82) is 0 Å². The third-order valence-corrected chi connectivity index (χ3v) is 3.09. The largest absolute Gasteiger partial charge is 0.317 e. The lowest BCUT2D eigenvalue weighted by molar-refractivity contribution is 0.644. The van der Waals surface area contributed by atoms with Crippen molar-refractivity contribution in [2.45, 2.75) is 13.0 Å². The van der Waals surface area contributed by atoms with Gasteiger partial charge in [0.25, 0.3) is 0 Å².